The number of benzene rings is 1. The molecule has 3 aromatic rings. The first kappa shape index (κ1) is 21.8. The summed E-state index contributed by atoms with van der Waals surface area (Å²) in [6.07, 6.45) is -2.28. The van der Waals surface area contributed by atoms with Crippen molar-refractivity contribution in [2.75, 3.05) is 23.3 Å². The van der Waals surface area contributed by atoms with Crippen molar-refractivity contribution < 1.29 is 18.0 Å². The number of carbonyl (C=O) groups excluding carboxylic acids is 1. The third-order valence-electron chi connectivity index (χ3n) is 5.49. The quantitative estimate of drug-likeness (QED) is 0.624. The molecule has 2 amide bonds. The predicted molar refractivity (Wildman–Crippen MR) is 116 cm³/mol. The molecular formula is C22H23F3N6O. The van der Waals surface area contributed by atoms with Gasteiger partial charge in [-0.15, -0.1) is 0 Å². The molecule has 2 aromatic heterocycles. The largest absolute Gasteiger partial charge is 0.451 e. The van der Waals surface area contributed by atoms with E-state index in [-0.39, 0.29) is 17.9 Å². The summed E-state index contributed by atoms with van der Waals surface area (Å²) in [4.78, 5) is 25.8. The molecule has 4 rings (SSSR count). The number of carbonyl (C=O) groups is 1. The van der Waals surface area contributed by atoms with E-state index in [0.717, 1.165) is 28.4 Å². The lowest BCUT2D eigenvalue weighted by Crippen LogP contribution is -2.46. The van der Waals surface area contributed by atoms with Gasteiger partial charge in [0.05, 0.1) is 5.69 Å². The monoisotopic (exact) mass is 444 g/mol. The van der Waals surface area contributed by atoms with Crippen LogP contribution in [0.15, 0.2) is 36.5 Å². The zero-order valence-corrected chi connectivity index (χ0v) is 17.7. The first-order valence-electron chi connectivity index (χ1n) is 10.3. The molecule has 1 aliphatic rings. The standard InChI is InChI=1S/C22H23F3N6O/c1-13-12-17-16(14(2)27-13)4-3-5-18(17)29-21(32)28-15-7-10-31(11-8-15)19-6-9-26-20(30-19)22(23,24)25/h3-6,9,12,15H,7-8,10-11H2,1-2H3,(H2,28,29,32). The van der Waals surface area contributed by atoms with Crippen molar-refractivity contribution in [3.63, 3.8) is 0 Å². The number of halogens is 3. The summed E-state index contributed by atoms with van der Waals surface area (Å²) in [5.41, 5.74) is 2.47. The lowest BCUT2D eigenvalue weighted by molar-refractivity contribution is -0.144. The fourth-order valence-corrected chi connectivity index (χ4v) is 3.97. The van der Waals surface area contributed by atoms with Gasteiger partial charge < -0.3 is 15.5 Å². The lowest BCUT2D eigenvalue weighted by Gasteiger charge is -2.33. The number of aryl methyl sites for hydroxylation is 2. The molecule has 10 heteroatoms. The van der Waals surface area contributed by atoms with Gasteiger partial charge >= 0.3 is 12.2 Å². The molecule has 0 radical (unpaired) electrons. The van der Waals surface area contributed by atoms with Crippen LogP contribution in [0, 0.1) is 13.8 Å². The molecule has 168 valence electrons. The van der Waals surface area contributed by atoms with Gasteiger partial charge in [-0.25, -0.2) is 14.8 Å². The SMILES string of the molecule is Cc1cc2c(NC(=O)NC3CCN(c4ccnc(C(F)(F)F)n4)CC3)cccc2c(C)n1. The average molecular weight is 444 g/mol. The fraction of sp³-hybridized carbons (Fsp3) is 0.364. The molecular weight excluding hydrogens is 421 g/mol. The number of hydrogen-bond acceptors (Lipinski definition) is 5. The minimum Gasteiger partial charge on any atom is -0.356 e. The summed E-state index contributed by atoms with van der Waals surface area (Å²) in [6, 6.07) is 8.68. The number of nitrogens with zero attached hydrogens (tertiary/aromatic N) is 4. The zero-order valence-electron chi connectivity index (χ0n) is 17.7. The van der Waals surface area contributed by atoms with Crippen LogP contribution >= 0.6 is 0 Å². The van der Waals surface area contributed by atoms with Crippen molar-refractivity contribution in [2.45, 2.75) is 38.9 Å². The summed E-state index contributed by atoms with van der Waals surface area (Å²) in [5.74, 6) is -0.907. The molecule has 0 unspecified atom stereocenters. The molecule has 1 aliphatic heterocycles. The van der Waals surface area contributed by atoms with Crippen LogP contribution in [0.5, 0.6) is 0 Å². The molecule has 0 saturated carbocycles. The maximum atomic E-state index is 12.9. The Balaban J connectivity index is 1.37. The lowest BCUT2D eigenvalue weighted by atomic mass is 10.1. The highest BCUT2D eigenvalue weighted by Gasteiger charge is 2.35. The van der Waals surface area contributed by atoms with Gasteiger partial charge in [0.2, 0.25) is 5.82 Å². The maximum absolute atomic E-state index is 12.9. The van der Waals surface area contributed by atoms with Gasteiger partial charge in [-0.2, -0.15) is 13.2 Å². The van der Waals surface area contributed by atoms with E-state index in [1.54, 1.807) is 4.90 Å². The summed E-state index contributed by atoms with van der Waals surface area (Å²) in [6.45, 7) is 4.81. The minimum absolute atomic E-state index is 0.0877. The molecule has 32 heavy (non-hydrogen) atoms. The number of fused-ring (bicyclic) bond motifs is 1. The molecule has 1 saturated heterocycles. The molecule has 0 aliphatic carbocycles. The highest BCUT2D eigenvalue weighted by atomic mass is 19.4. The van der Waals surface area contributed by atoms with E-state index in [9.17, 15) is 18.0 Å². The molecule has 7 nitrogen and oxygen atoms in total. The number of piperidine rings is 1. The van der Waals surface area contributed by atoms with Crippen molar-refractivity contribution in [2.24, 2.45) is 0 Å². The van der Waals surface area contributed by atoms with E-state index in [1.165, 1.54) is 6.07 Å². The van der Waals surface area contributed by atoms with Crippen molar-refractivity contribution in [3.8, 4) is 0 Å². The first-order valence-corrected chi connectivity index (χ1v) is 10.3. The van der Waals surface area contributed by atoms with Crippen molar-refractivity contribution >= 4 is 28.3 Å². The molecule has 1 aromatic carbocycles. The van der Waals surface area contributed by atoms with Crippen LogP contribution in [0.1, 0.15) is 30.1 Å². The molecule has 2 N–H and O–H groups in total. The zero-order chi connectivity index (χ0) is 22.9. The normalized spacial score (nSPS) is 15.1. The molecule has 1 fully saturated rings. The van der Waals surface area contributed by atoms with E-state index in [4.69, 9.17) is 0 Å². The smallest absolute Gasteiger partial charge is 0.356 e. The second-order valence-corrected chi connectivity index (χ2v) is 7.85. The number of nitrogens with one attached hydrogen (secondary N) is 2. The average Bonchev–Trinajstić information content (AvgIpc) is 2.74. The van der Waals surface area contributed by atoms with Crippen molar-refractivity contribution in [1.29, 1.82) is 0 Å². The van der Waals surface area contributed by atoms with Gasteiger partial charge in [0.15, 0.2) is 0 Å². The minimum atomic E-state index is -4.58. The summed E-state index contributed by atoms with van der Waals surface area (Å²) < 4.78 is 38.6. The highest BCUT2D eigenvalue weighted by molar-refractivity contribution is 6.02. The van der Waals surface area contributed by atoms with Gasteiger partial charge in [-0.05, 0) is 44.9 Å². The fourth-order valence-electron chi connectivity index (χ4n) is 3.97. The Morgan fingerprint density at radius 2 is 1.84 bits per heavy atom. The van der Waals surface area contributed by atoms with E-state index < -0.39 is 12.0 Å². The topological polar surface area (TPSA) is 83.0 Å². The third-order valence-corrected chi connectivity index (χ3v) is 5.49. The Hall–Kier alpha value is -3.43. The first-order chi connectivity index (χ1) is 15.2. The van der Waals surface area contributed by atoms with E-state index in [0.29, 0.717) is 31.6 Å². The highest BCUT2D eigenvalue weighted by Crippen LogP contribution is 2.28. The number of hydrogen-bond donors (Lipinski definition) is 2. The summed E-state index contributed by atoms with van der Waals surface area (Å²) in [5, 5.41) is 7.78. The Kier molecular flexibility index (Phi) is 5.86. The van der Waals surface area contributed by atoms with Crippen molar-refractivity contribution in [3.05, 3.63) is 53.7 Å². The van der Waals surface area contributed by atoms with Gasteiger partial charge in [-0.3, -0.25) is 4.98 Å². The van der Waals surface area contributed by atoms with Crippen LogP contribution in [0.4, 0.5) is 29.5 Å². The number of alkyl halides is 3. The van der Waals surface area contributed by atoms with E-state index in [2.05, 4.69) is 25.6 Å². The van der Waals surface area contributed by atoms with Crippen LogP contribution < -0.4 is 15.5 Å². The molecule has 3 heterocycles. The van der Waals surface area contributed by atoms with Gasteiger partial charge in [0, 0.05) is 47.5 Å². The Morgan fingerprint density at radius 3 is 2.56 bits per heavy atom. The number of anilines is 2. The second-order valence-electron chi connectivity index (χ2n) is 7.85. The Labute approximate surface area is 183 Å². The number of aromatic nitrogens is 3. The number of urea groups is 1. The molecule has 0 bridgehead atoms. The Bertz CT molecular complexity index is 1140. The second kappa shape index (κ2) is 8.60. The summed E-state index contributed by atoms with van der Waals surface area (Å²) in [7, 11) is 0. The van der Waals surface area contributed by atoms with Crippen LogP contribution in [-0.2, 0) is 6.18 Å². The number of rotatable bonds is 3. The predicted octanol–water partition coefficient (Wildman–Crippen LogP) is 4.45. The van der Waals surface area contributed by atoms with Crippen LogP contribution in [0.3, 0.4) is 0 Å². The van der Waals surface area contributed by atoms with Crippen LogP contribution in [-0.4, -0.2) is 40.1 Å². The van der Waals surface area contributed by atoms with Crippen molar-refractivity contribution in [1.82, 2.24) is 20.3 Å². The van der Waals surface area contributed by atoms with E-state index in [1.807, 2.05) is 38.1 Å². The van der Waals surface area contributed by atoms with Gasteiger partial charge in [-0.1, -0.05) is 12.1 Å². The number of amides is 2. The third kappa shape index (κ3) is 4.74. The Morgan fingerprint density at radius 1 is 1.09 bits per heavy atom. The van der Waals surface area contributed by atoms with Crippen LogP contribution in [0.2, 0.25) is 0 Å². The molecule has 0 spiro atoms. The van der Waals surface area contributed by atoms with Gasteiger partial charge in [0.1, 0.15) is 5.82 Å². The van der Waals surface area contributed by atoms with Crippen LogP contribution in [0.25, 0.3) is 10.8 Å². The maximum Gasteiger partial charge on any atom is 0.451 e. The number of pyridine rings is 1. The van der Waals surface area contributed by atoms with E-state index >= 15 is 0 Å². The van der Waals surface area contributed by atoms with Gasteiger partial charge in [0.25, 0.3) is 0 Å². The summed E-state index contributed by atoms with van der Waals surface area (Å²) >= 11 is 0. The molecule has 0 atom stereocenters.